The van der Waals surface area contributed by atoms with E-state index < -0.39 is 28.1 Å². The molecule has 2 rings (SSSR count). The van der Waals surface area contributed by atoms with Crippen LogP contribution in [0.1, 0.15) is 10.4 Å². The monoisotopic (exact) mass is 277 g/mol. The lowest BCUT2D eigenvalue weighted by atomic mass is 10.1. The molecule has 2 N–H and O–H groups in total. The van der Waals surface area contributed by atoms with Gasteiger partial charge in [-0.05, 0) is 18.2 Å². The van der Waals surface area contributed by atoms with Gasteiger partial charge in [0.2, 0.25) is 5.75 Å². The highest BCUT2D eigenvalue weighted by Crippen LogP contribution is 2.29. The van der Waals surface area contributed by atoms with E-state index in [1.165, 1.54) is 18.2 Å². The van der Waals surface area contributed by atoms with Gasteiger partial charge in [-0.15, -0.1) is 0 Å². The van der Waals surface area contributed by atoms with E-state index in [9.17, 15) is 24.4 Å². The van der Waals surface area contributed by atoms with Crippen LogP contribution >= 0.6 is 0 Å². The summed E-state index contributed by atoms with van der Waals surface area (Å²) in [5.41, 5.74) is -0.852. The maximum atomic E-state index is 12.7. The Labute approximate surface area is 111 Å². The van der Waals surface area contributed by atoms with Crippen molar-refractivity contribution in [3.8, 4) is 5.75 Å². The summed E-state index contributed by atoms with van der Waals surface area (Å²) >= 11 is 0. The van der Waals surface area contributed by atoms with Crippen LogP contribution in [-0.2, 0) is 0 Å². The van der Waals surface area contributed by atoms with E-state index in [2.05, 4.69) is 10.3 Å². The highest BCUT2D eigenvalue weighted by Gasteiger charge is 2.21. The van der Waals surface area contributed by atoms with Gasteiger partial charge in [0.1, 0.15) is 11.6 Å². The first-order valence-electron chi connectivity index (χ1n) is 5.38. The molecule has 20 heavy (non-hydrogen) atoms. The van der Waals surface area contributed by atoms with Crippen LogP contribution in [0, 0.1) is 15.9 Å². The number of hydrogen-bond acceptors (Lipinski definition) is 5. The van der Waals surface area contributed by atoms with Gasteiger partial charge in [0.15, 0.2) is 0 Å². The summed E-state index contributed by atoms with van der Waals surface area (Å²) in [5, 5.41) is 22.6. The fraction of sp³-hybridized carbons (Fsp3) is 0. The molecule has 0 aliphatic carbocycles. The van der Waals surface area contributed by atoms with Gasteiger partial charge in [-0.3, -0.25) is 14.9 Å². The maximum Gasteiger partial charge on any atom is 0.311 e. The molecule has 102 valence electrons. The van der Waals surface area contributed by atoms with E-state index >= 15 is 0 Å². The summed E-state index contributed by atoms with van der Waals surface area (Å²) in [6.45, 7) is 0. The van der Waals surface area contributed by atoms with Crippen LogP contribution in [0.3, 0.4) is 0 Å². The lowest BCUT2D eigenvalue weighted by Gasteiger charge is -2.06. The first-order chi connectivity index (χ1) is 9.49. The molecule has 1 amide bonds. The molecule has 0 aliphatic heterocycles. The number of nitrogens with zero attached hydrogens (tertiary/aromatic N) is 2. The molecule has 0 atom stereocenters. The Hall–Kier alpha value is -3.03. The summed E-state index contributed by atoms with van der Waals surface area (Å²) in [7, 11) is 0. The number of para-hydroxylation sites is 1. The number of aromatic hydroxyl groups is 1. The van der Waals surface area contributed by atoms with Crippen LogP contribution in [-0.4, -0.2) is 20.9 Å². The quantitative estimate of drug-likeness (QED) is 0.660. The molecular formula is C12H8FN3O4. The molecule has 2 aromatic rings. The number of rotatable bonds is 3. The van der Waals surface area contributed by atoms with Gasteiger partial charge < -0.3 is 10.4 Å². The molecular weight excluding hydrogens is 269 g/mol. The van der Waals surface area contributed by atoms with Gasteiger partial charge in [0.05, 0.1) is 16.7 Å². The number of benzene rings is 1. The number of carbonyl (C=O) groups is 1. The molecule has 0 aliphatic rings. The summed E-state index contributed by atoms with van der Waals surface area (Å²) in [5.74, 6) is -2.04. The van der Waals surface area contributed by atoms with Gasteiger partial charge in [-0.2, -0.15) is 0 Å². The lowest BCUT2D eigenvalue weighted by molar-refractivity contribution is -0.385. The average molecular weight is 277 g/mol. The Morgan fingerprint density at radius 2 is 2.10 bits per heavy atom. The molecule has 1 aromatic carbocycles. The average Bonchev–Trinajstić information content (AvgIpc) is 2.41. The third kappa shape index (κ3) is 2.69. The molecule has 0 fully saturated rings. The minimum absolute atomic E-state index is 0.0577. The van der Waals surface area contributed by atoms with Crippen LogP contribution in [0.2, 0.25) is 0 Å². The van der Waals surface area contributed by atoms with E-state index in [0.29, 0.717) is 0 Å². The molecule has 0 unspecified atom stereocenters. The number of hydrogen-bond donors (Lipinski definition) is 2. The lowest BCUT2D eigenvalue weighted by Crippen LogP contribution is -2.13. The van der Waals surface area contributed by atoms with Crippen molar-refractivity contribution < 1.29 is 19.2 Å². The van der Waals surface area contributed by atoms with Crippen LogP contribution in [0.5, 0.6) is 5.75 Å². The van der Waals surface area contributed by atoms with Crippen molar-refractivity contribution >= 4 is 17.4 Å². The molecule has 0 radical (unpaired) electrons. The summed E-state index contributed by atoms with van der Waals surface area (Å²) < 4.78 is 12.7. The standard InChI is InChI=1S/C12H8FN3O4/c13-7-4-5-10(14-6-7)15-12(18)8-2-1-3-9(11(8)17)16(19)20/h1-6,17H,(H,14,15,18). The Kier molecular flexibility index (Phi) is 3.56. The van der Waals surface area contributed by atoms with Crippen LogP contribution in [0.4, 0.5) is 15.9 Å². The topological polar surface area (TPSA) is 105 Å². The van der Waals surface area contributed by atoms with Crippen molar-refractivity contribution in [2.24, 2.45) is 0 Å². The number of aromatic nitrogens is 1. The third-order valence-corrected chi connectivity index (χ3v) is 2.43. The highest BCUT2D eigenvalue weighted by molar-refractivity contribution is 6.06. The largest absolute Gasteiger partial charge is 0.502 e. The van der Waals surface area contributed by atoms with Gasteiger partial charge in [0.25, 0.3) is 5.91 Å². The Balaban J connectivity index is 2.28. The number of nitro groups is 1. The van der Waals surface area contributed by atoms with Crippen LogP contribution < -0.4 is 5.32 Å². The summed E-state index contributed by atoms with van der Waals surface area (Å²) in [4.78, 5) is 25.3. The van der Waals surface area contributed by atoms with Gasteiger partial charge in [-0.1, -0.05) is 6.07 Å². The zero-order valence-corrected chi connectivity index (χ0v) is 9.91. The molecule has 1 aromatic heterocycles. The van der Waals surface area contributed by atoms with E-state index in [1.54, 1.807) is 0 Å². The smallest absolute Gasteiger partial charge is 0.311 e. The second-order valence-corrected chi connectivity index (χ2v) is 3.75. The molecule has 1 heterocycles. The van der Waals surface area contributed by atoms with Crippen molar-refractivity contribution in [3.63, 3.8) is 0 Å². The van der Waals surface area contributed by atoms with E-state index in [0.717, 1.165) is 18.3 Å². The number of nitro benzene ring substituents is 1. The second kappa shape index (κ2) is 5.31. The van der Waals surface area contributed by atoms with Crippen LogP contribution in [0.25, 0.3) is 0 Å². The van der Waals surface area contributed by atoms with Crippen molar-refractivity contribution in [3.05, 3.63) is 58.0 Å². The number of phenolic OH excluding ortho intramolecular Hbond substituents is 1. The van der Waals surface area contributed by atoms with Crippen molar-refractivity contribution in [1.29, 1.82) is 0 Å². The van der Waals surface area contributed by atoms with Gasteiger partial charge in [0, 0.05) is 6.07 Å². The molecule has 8 heteroatoms. The van der Waals surface area contributed by atoms with Crippen molar-refractivity contribution in [2.75, 3.05) is 5.32 Å². The van der Waals surface area contributed by atoms with Gasteiger partial charge in [-0.25, -0.2) is 9.37 Å². The summed E-state index contributed by atoms with van der Waals surface area (Å²) in [6, 6.07) is 5.88. The van der Waals surface area contributed by atoms with E-state index in [-0.39, 0.29) is 11.4 Å². The Morgan fingerprint density at radius 3 is 2.70 bits per heavy atom. The first-order valence-corrected chi connectivity index (χ1v) is 5.38. The van der Waals surface area contributed by atoms with Gasteiger partial charge >= 0.3 is 5.69 Å². The van der Waals surface area contributed by atoms with Crippen molar-refractivity contribution in [2.45, 2.75) is 0 Å². The number of nitrogens with one attached hydrogen (secondary N) is 1. The number of anilines is 1. The fourth-order valence-electron chi connectivity index (χ4n) is 1.50. The number of pyridine rings is 1. The number of amides is 1. The second-order valence-electron chi connectivity index (χ2n) is 3.75. The number of carbonyl (C=O) groups excluding carboxylic acids is 1. The number of halogens is 1. The first kappa shape index (κ1) is 13.4. The van der Waals surface area contributed by atoms with E-state index in [1.807, 2.05) is 0 Å². The van der Waals surface area contributed by atoms with Crippen LogP contribution in [0.15, 0.2) is 36.5 Å². The van der Waals surface area contributed by atoms with Crippen molar-refractivity contribution in [1.82, 2.24) is 4.98 Å². The number of phenols is 1. The minimum Gasteiger partial charge on any atom is -0.502 e. The predicted molar refractivity (Wildman–Crippen MR) is 66.9 cm³/mol. The molecule has 0 saturated heterocycles. The predicted octanol–water partition coefficient (Wildman–Crippen LogP) is 2.09. The zero-order valence-electron chi connectivity index (χ0n) is 9.91. The third-order valence-electron chi connectivity index (χ3n) is 2.43. The minimum atomic E-state index is -0.803. The molecule has 7 nitrogen and oxygen atoms in total. The van der Waals surface area contributed by atoms with E-state index in [4.69, 9.17) is 0 Å². The normalized spacial score (nSPS) is 10.1. The molecule has 0 spiro atoms. The fourth-order valence-corrected chi connectivity index (χ4v) is 1.50. The Morgan fingerprint density at radius 1 is 1.35 bits per heavy atom. The highest BCUT2D eigenvalue weighted by atomic mass is 19.1. The summed E-state index contributed by atoms with van der Waals surface area (Å²) in [6.07, 6.45) is 0.906. The zero-order chi connectivity index (χ0) is 14.7. The molecule has 0 saturated carbocycles. The maximum absolute atomic E-state index is 12.7. The Bertz CT molecular complexity index is 673. The SMILES string of the molecule is O=C(Nc1ccc(F)cn1)c1cccc([N+](=O)[O-])c1O. The molecule has 0 bridgehead atoms.